The Morgan fingerprint density at radius 2 is 2.00 bits per heavy atom. The van der Waals surface area contributed by atoms with Gasteiger partial charge in [0.2, 0.25) is 0 Å². The summed E-state index contributed by atoms with van der Waals surface area (Å²) < 4.78 is 14.5. The molecule has 2 heterocycles. The molecule has 2 aromatic carbocycles. The second-order valence-corrected chi connectivity index (χ2v) is 7.44. The largest absolute Gasteiger partial charge is 0.298 e. The van der Waals surface area contributed by atoms with Crippen LogP contribution in [0.4, 0.5) is 9.52 Å². The van der Waals surface area contributed by atoms with Crippen LogP contribution in [0.3, 0.4) is 0 Å². The minimum atomic E-state index is -0.396. The van der Waals surface area contributed by atoms with Crippen molar-refractivity contribution in [3.05, 3.63) is 70.1 Å². The van der Waals surface area contributed by atoms with Gasteiger partial charge in [0.05, 0.1) is 16.9 Å². The molecule has 0 aliphatic heterocycles. The molecule has 28 heavy (non-hydrogen) atoms. The summed E-state index contributed by atoms with van der Waals surface area (Å²) in [6, 6.07) is 10.9. The number of amides is 1. The molecule has 4 aromatic rings. The summed E-state index contributed by atoms with van der Waals surface area (Å²) in [7, 11) is 0. The lowest BCUT2D eigenvalue weighted by Crippen LogP contribution is -2.15. The van der Waals surface area contributed by atoms with Crippen molar-refractivity contribution in [3.63, 3.8) is 0 Å². The van der Waals surface area contributed by atoms with Gasteiger partial charge in [0.1, 0.15) is 12.1 Å². The zero-order chi connectivity index (χ0) is 19.7. The van der Waals surface area contributed by atoms with Crippen molar-refractivity contribution >= 4 is 34.0 Å². The van der Waals surface area contributed by atoms with E-state index in [2.05, 4.69) is 25.8 Å². The molecule has 0 spiro atoms. The van der Waals surface area contributed by atoms with E-state index in [1.165, 1.54) is 40.5 Å². The molecule has 0 radical (unpaired) electrons. The second kappa shape index (κ2) is 7.45. The molecule has 140 valence electrons. The van der Waals surface area contributed by atoms with Crippen LogP contribution in [-0.4, -0.2) is 31.1 Å². The number of nitrogens with zero attached hydrogens (tertiary/aromatic N) is 5. The number of rotatable bonds is 4. The van der Waals surface area contributed by atoms with E-state index >= 15 is 0 Å². The van der Waals surface area contributed by atoms with Gasteiger partial charge in [0.15, 0.2) is 5.13 Å². The van der Waals surface area contributed by atoms with Crippen LogP contribution < -0.4 is 5.32 Å². The predicted molar refractivity (Wildman–Crippen MR) is 104 cm³/mol. The average Bonchev–Trinajstić information content (AvgIpc) is 3.32. The van der Waals surface area contributed by atoms with Gasteiger partial charge < -0.3 is 0 Å². The van der Waals surface area contributed by atoms with Gasteiger partial charge in [-0.25, -0.2) is 9.37 Å². The van der Waals surface area contributed by atoms with Crippen LogP contribution in [0, 0.1) is 12.7 Å². The first-order valence-electron chi connectivity index (χ1n) is 8.09. The summed E-state index contributed by atoms with van der Waals surface area (Å²) in [5.41, 5.74) is 2.25. The van der Waals surface area contributed by atoms with Crippen molar-refractivity contribution in [1.82, 2.24) is 25.2 Å². The van der Waals surface area contributed by atoms with E-state index in [0.29, 0.717) is 27.1 Å². The Labute approximate surface area is 167 Å². The first kappa shape index (κ1) is 18.2. The maximum Gasteiger partial charge on any atom is 0.259 e. The number of hydrogen-bond acceptors (Lipinski definition) is 6. The average molecular weight is 415 g/mol. The monoisotopic (exact) mass is 414 g/mol. The van der Waals surface area contributed by atoms with E-state index in [4.69, 9.17) is 11.6 Å². The van der Waals surface area contributed by atoms with E-state index in [0.717, 1.165) is 10.4 Å². The zero-order valence-corrected chi connectivity index (χ0v) is 16.0. The SMILES string of the molecule is Cc1sc(NC(=O)c2cc(Cl)ccc2-n2cnnn2)nc1-c1ccc(F)cc1. The minimum Gasteiger partial charge on any atom is -0.298 e. The van der Waals surface area contributed by atoms with Gasteiger partial charge in [0, 0.05) is 15.5 Å². The van der Waals surface area contributed by atoms with E-state index in [1.807, 2.05) is 6.92 Å². The molecule has 0 fully saturated rings. The molecular formula is C18H12ClFN6OS. The highest BCUT2D eigenvalue weighted by molar-refractivity contribution is 7.16. The summed E-state index contributed by atoms with van der Waals surface area (Å²) in [4.78, 5) is 18.2. The van der Waals surface area contributed by atoms with Gasteiger partial charge in [0.25, 0.3) is 5.91 Å². The Balaban J connectivity index is 1.64. The molecule has 0 saturated heterocycles. The van der Waals surface area contributed by atoms with Crippen LogP contribution in [0.2, 0.25) is 5.02 Å². The molecular weight excluding hydrogens is 403 g/mol. The third kappa shape index (κ3) is 3.62. The third-order valence-electron chi connectivity index (χ3n) is 3.93. The number of aryl methyl sites for hydroxylation is 1. The summed E-state index contributed by atoms with van der Waals surface area (Å²) in [5, 5.41) is 14.6. The molecule has 1 amide bonds. The summed E-state index contributed by atoms with van der Waals surface area (Å²) in [6.45, 7) is 1.89. The van der Waals surface area contributed by atoms with E-state index in [1.54, 1.807) is 24.3 Å². The molecule has 7 nitrogen and oxygen atoms in total. The third-order valence-corrected chi connectivity index (χ3v) is 5.06. The number of benzene rings is 2. The van der Waals surface area contributed by atoms with E-state index in [9.17, 15) is 9.18 Å². The molecule has 0 aliphatic rings. The number of nitrogens with one attached hydrogen (secondary N) is 1. The van der Waals surface area contributed by atoms with Crippen LogP contribution >= 0.6 is 22.9 Å². The number of halogens is 2. The standard InChI is InChI=1S/C18H12ClFN6OS/c1-10-16(11-2-5-13(20)6-3-11)22-18(28-10)23-17(27)14-8-12(19)4-7-15(14)26-9-21-24-25-26/h2-9H,1H3,(H,22,23,27). The minimum absolute atomic E-state index is 0.302. The number of aromatic nitrogens is 5. The van der Waals surface area contributed by atoms with Crippen molar-refractivity contribution in [1.29, 1.82) is 0 Å². The van der Waals surface area contributed by atoms with Gasteiger partial charge in [-0.2, -0.15) is 4.68 Å². The van der Waals surface area contributed by atoms with Crippen molar-refractivity contribution in [2.75, 3.05) is 5.32 Å². The van der Waals surface area contributed by atoms with Crippen molar-refractivity contribution in [3.8, 4) is 16.9 Å². The number of carbonyl (C=O) groups excluding carboxylic acids is 1. The number of anilines is 1. The lowest BCUT2D eigenvalue weighted by atomic mass is 10.1. The zero-order valence-electron chi connectivity index (χ0n) is 14.4. The normalized spacial score (nSPS) is 10.8. The van der Waals surface area contributed by atoms with Gasteiger partial charge in [-0.15, -0.1) is 16.4 Å². The van der Waals surface area contributed by atoms with Gasteiger partial charge in [-0.3, -0.25) is 10.1 Å². The maximum absolute atomic E-state index is 13.2. The Kier molecular flexibility index (Phi) is 4.84. The molecule has 0 aliphatic carbocycles. The topological polar surface area (TPSA) is 85.6 Å². The van der Waals surface area contributed by atoms with Gasteiger partial charge in [-0.05, 0) is 59.8 Å². The highest BCUT2D eigenvalue weighted by Gasteiger charge is 2.18. The lowest BCUT2D eigenvalue weighted by molar-refractivity contribution is 0.102. The highest BCUT2D eigenvalue weighted by Crippen LogP contribution is 2.31. The number of thiazole rings is 1. The van der Waals surface area contributed by atoms with Crippen molar-refractivity contribution in [2.45, 2.75) is 6.92 Å². The summed E-state index contributed by atoms with van der Waals surface area (Å²) in [5.74, 6) is -0.714. The molecule has 2 aromatic heterocycles. The molecule has 0 unspecified atom stereocenters. The van der Waals surface area contributed by atoms with Crippen molar-refractivity contribution in [2.24, 2.45) is 0 Å². The van der Waals surface area contributed by atoms with Crippen LogP contribution in [0.5, 0.6) is 0 Å². The van der Waals surface area contributed by atoms with Crippen molar-refractivity contribution < 1.29 is 9.18 Å². The molecule has 1 N–H and O–H groups in total. The Morgan fingerprint density at radius 1 is 1.21 bits per heavy atom. The fourth-order valence-corrected chi connectivity index (χ4v) is 3.65. The number of tetrazole rings is 1. The molecule has 10 heteroatoms. The van der Waals surface area contributed by atoms with Crippen LogP contribution in [0.25, 0.3) is 16.9 Å². The van der Waals surface area contributed by atoms with Crippen LogP contribution in [0.15, 0.2) is 48.8 Å². The summed E-state index contributed by atoms with van der Waals surface area (Å²) >= 11 is 7.39. The van der Waals surface area contributed by atoms with E-state index in [-0.39, 0.29) is 5.82 Å². The maximum atomic E-state index is 13.2. The smallest absolute Gasteiger partial charge is 0.259 e. The van der Waals surface area contributed by atoms with E-state index < -0.39 is 5.91 Å². The van der Waals surface area contributed by atoms with Crippen LogP contribution in [0.1, 0.15) is 15.2 Å². The fraction of sp³-hybridized carbons (Fsp3) is 0.0556. The van der Waals surface area contributed by atoms with Gasteiger partial charge in [-0.1, -0.05) is 11.6 Å². The predicted octanol–water partition coefficient (Wildman–Crippen LogP) is 4.14. The Bertz CT molecular complexity index is 1140. The Morgan fingerprint density at radius 3 is 2.71 bits per heavy atom. The Hall–Kier alpha value is -3.17. The molecule has 0 bridgehead atoms. The summed E-state index contributed by atoms with van der Waals surface area (Å²) in [6.07, 6.45) is 1.39. The molecule has 0 atom stereocenters. The molecule has 4 rings (SSSR count). The fourth-order valence-electron chi connectivity index (χ4n) is 2.65. The lowest BCUT2D eigenvalue weighted by Gasteiger charge is -2.08. The first-order chi connectivity index (χ1) is 13.5. The quantitative estimate of drug-likeness (QED) is 0.542. The number of hydrogen-bond donors (Lipinski definition) is 1. The highest BCUT2D eigenvalue weighted by atomic mass is 35.5. The second-order valence-electron chi connectivity index (χ2n) is 5.80. The molecule has 0 saturated carbocycles. The van der Waals surface area contributed by atoms with Gasteiger partial charge >= 0.3 is 0 Å². The van der Waals surface area contributed by atoms with Crippen LogP contribution in [-0.2, 0) is 0 Å². The first-order valence-corrected chi connectivity index (χ1v) is 9.28. The number of carbonyl (C=O) groups is 1.